The van der Waals surface area contributed by atoms with Crippen molar-refractivity contribution in [1.29, 1.82) is 0 Å². The summed E-state index contributed by atoms with van der Waals surface area (Å²) in [6.45, 7) is -3.88. The van der Waals surface area contributed by atoms with Gasteiger partial charge in [0.2, 0.25) is 5.82 Å². The lowest BCUT2D eigenvalue weighted by Crippen LogP contribution is -2.34. The molecule has 0 aliphatic carbocycles. The highest BCUT2D eigenvalue weighted by molar-refractivity contribution is 5.99. The van der Waals surface area contributed by atoms with E-state index >= 15 is 0 Å². The van der Waals surface area contributed by atoms with E-state index in [1.54, 1.807) is 0 Å². The molecule has 0 N–H and O–H groups in total. The van der Waals surface area contributed by atoms with Gasteiger partial charge in [-0.2, -0.15) is 26.3 Å². The van der Waals surface area contributed by atoms with Crippen molar-refractivity contribution in [3.05, 3.63) is 52.9 Å². The first-order chi connectivity index (χ1) is 13.2. The van der Waals surface area contributed by atoms with Gasteiger partial charge >= 0.3 is 12.8 Å². The second kappa shape index (κ2) is 7.72. The highest BCUT2D eigenvalue weighted by Gasteiger charge is 2.38. The van der Waals surface area contributed by atoms with Gasteiger partial charge in [-0.25, -0.2) is 4.39 Å². The van der Waals surface area contributed by atoms with Gasteiger partial charge in [0.25, 0.3) is 0 Å². The molecule has 0 bridgehead atoms. The molecule has 28 heavy (non-hydrogen) atoms. The van der Waals surface area contributed by atoms with Crippen molar-refractivity contribution in [3.8, 4) is 5.75 Å². The Hall–Kier alpha value is -2.72. The van der Waals surface area contributed by atoms with Crippen LogP contribution in [0.1, 0.15) is 12.0 Å². The summed E-state index contributed by atoms with van der Waals surface area (Å²) in [4.78, 5) is 4.92. The Morgan fingerprint density at radius 2 is 1.93 bits per heavy atom. The molecule has 0 radical (unpaired) electrons. The maximum atomic E-state index is 14.1. The Morgan fingerprint density at radius 3 is 2.61 bits per heavy atom. The summed E-state index contributed by atoms with van der Waals surface area (Å²) < 4.78 is 102. The maximum absolute atomic E-state index is 14.1. The molecule has 2 aliphatic rings. The summed E-state index contributed by atoms with van der Waals surface area (Å²) >= 11 is 0. The second-order valence-electron chi connectivity index (χ2n) is 5.85. The zero-order chi connectivity index (χ0) is 20.5. The predicted octanol–water partition coefficient (Wildman–Crippen LogP) is 4.53. The van der Waals surface area contributed by atoms with Crippen molar-refractivity contribution in [2.75, 3.05) is 13.2 Å². The number of hydrogen-bond acceptors (Lipinski definition) is 4. The summed E-state index contributed by atoms with van der Waals surface area (Å²) in [6.07, 6.45) is -3.60. The lowest BCUT2D eigenvalue weighted by atomic mass is 10.1. The van der Waals surface area contributed by atoms with Gasteiger partial charge < -0.3 is 14.4 Å². The van der Waals surface area contributed by atoms with Crippen LogP contribution in [0.5, 0.6) is 5.75 Å². The van der Waals surface area contributed by atoms with E-state index in [1.807, 2.05) is 0 Å². The van der Waals surface area contributed by atoms with E-state index in [2.05, 4.69) is 9.73 Å². The van der Waals surface area contributed by atoms with Crippen LogP contribution in [0, 0.1) is 11.6 Å². The van der Waals surface area contributed by atoms with Crippen LogP contribution in [0.25, 0.3) is 0 Å². The van der Waals surface area contributed by atoms with Gasteiger partial charge in [-0.1, -0.05) is 6.07 Å². The summed E-state index contributed by atoms with van der Waals surface area (Å²) in [5.41, 5.74) is -1.24. The van der Waals surface area contributed by atoms with Crippen LogP contribution in [-0.2, 0) is 11.3 Å². The van der Waals surface area contributed by atoms with Gasteiger partial charge in [0.05, 0.1) is 18.7 Å². The van der Waals surface area contributed by atoms with Crippen molar-refractivity contribution >= 4 is 5.84 Å². The molecule has 4 nitrogen and oxygen atoms in total. The SMILES string of the molecule is Fc1ccc2c(c1F)OCCC/N=C1/C(OC(F)F)=CC(C(F)(F)F)=CN1C2. The molecular weight excluding hydrogens is 397 g/mol. The quantitative estimate of drug-likeness (QED) is 0.672. The summed E-state index contributed by atoms with van der Waals surface area (Å²) in [7, 11) is 0. The van der Waals surface area contributed by atoms with Crippen LogP contribution in [-0.4, -0.2) is 36.7 Å². The fourth-order valence-corrected chi connectivity index (χ4v) is 2.70. The van der Waals surface area contributed by atoms with Crippen molar-refractivity contribution < 1.29 is 40.2 Å². The number of hydrogen-bond donors (Lipinski definition) is 0. The highest BCUT2D eigenvalue weighted by atomic mass is 19.4. The summed E-state index contributed by atoms with van der Waals surface area (Å²) in [5.74, 6) is -3.96. The number of amidine groups is 1. The smallest absolute Gasteiger partial charge is 0.417 e. The van der Waals surface area contributed by atoms with Crippen LogP contribution < -0.4 is 4.74 Å². The zero-order valence-corrected chi connectivity index (χ0v) is 14.1. The molecule has 152 valence electrons. The van der Waals surface area contributed by atoms with Gasteiger partial charge in [0.15, 0.2) is 23.2 Å². The number of alkyl halides is 5. The average Bonchev–Trinajstić information content (AvgIpc) is 2.60. The van der Waals surface area contributed by atoms with E-state index in [0.29, 0.717) is 12.3 Å². The molecule has 0 atom stereocenters. The van der Waals surface area contributed by atoms with Crippen LogP contribution in [0.2, 0.25) is 0 Å². The van der Waals surface area contributed by atoms with Gasteiger partial charge in [-0.3, -0.25) is 4.99 Å². The second-order valence-corrected chi connectivity index (χ2v) is 5.85. The molecule has 0 amide bonds. The number of allylic oxidation sites excluding steroid dienone is 2. The van der Waals surface area contributed by atoms with Crippen molar-refractivity contribution in [3.63, 3.8) is 0 Å². The van der Waals surface area contributed by atoms with Crippen molar-refractivity contribution in [2.45, 2.75) is 25.8 Å². The molecule has 0 fully saturated rings. The highest BCUT2D eigenvalue weighted by Crippen LogP contribution is 2.34. The average molecular weight is 410 g/mol. The van der Waals surface area contributed by atoms with Crippen LogP contribution in [0.4, 0.5) is 30.7 Å². The van der Waals surface area contributed by atoms with Gasteiger partial charge in [-0.05, 0) is 12.1 Å². The Kier molecular flexibility index (Phi) is 5.52. The number of aliphatic imine (C=N–C) groups is 1. The number of halogens is 7. The molecule has 1 aromatic rings. The number of ether oxygens (including phenoxy) is 2. The standard InChI is InChI=1S/C17H13F7N2O2/c18-11-3-2-9-7-26-8-10(17(22,23)24)6-12(28-16(20)21)15(26)25-4-1-5-27-14(9)13(11)19/h2-3,6,8,16H,1,4-5,7H2/b25-15-. The van der Waals surface area contributed by atoms with Crippen molar-refractivity contribution in [1.82, 2.24) is 4.90 Å². The molecule has 3 rings (SSSR count). The Morgan fingerprint density at radius 1 is 1.18 bits per heavy atom. The lowest BCUT2D eigenvalue weighted by Gasteiger charge is -2.30. The molecule has 0 aromatic heterocycles. The molecule has 2 heterocycles. The third-order valence-electron chi connectivity index (χ3n) is 3.90. The van der Waals surface area contributed by atoms with E-state index in [-0.39, 0.29) is 31.0 Å². The minimum atomic E-state index is -4.86. The first kappa shape index (κ1) is 20.0. The van der Waals surface area contributed by atoms with E-state index in [1.165, 1.54) is 0 Å². The monoisotopic (exact) mass is 410 g/mol. The molecule has 1 aromatic carbocycles. The normalized spacial score (nSPS) is 19.6. The molecule has 0 saturated heterocycles. The third kappa shape index (κ3) is 4.23. The number of benzene rings is 1. The number of nitrogens with zero attached hydrogens (tertiary/aromatic N) is 2. The Bertz CT molecular complexity index is 847. The minimum Gasteiger partial charge on any atom is -0.490 e. The molecule has 2 aliphatic heterocycles. The Balaban J connectivity index is 2.09. The number of rotatable bonds is 2. The lowest BCUT2D eigenvalue weighted by molar-refractivity contribution is -0.0984. The fourth-order valence-electron chi connectivity index (χ4n) is 2.70. The molecule has 11 heteroatoms. The topological polar surface area (TPSA) is 34.1 Å². The van der Waals surface area contributed by atoms with Crippen LogP contribution >= 0.6 is 0 Å². The van der Waals surface area contributed by atoms with Gasteiger partial charge in [-0.15, -0.1) is 0 Å². The van der Waals surface area contributed by atoms with Crippen LogP contribution in [0.15, 0.2) is 40.7 Å². The number of fused-ring (bicyclic) bond motifs is 2. The van der Waals surface area contributed by atoms with E-state index in [0.717, 1.165) is 17.0 Å². The molecule has 0 spiro atoms. The molecular formula is C17H13F7N2O2. The summed E-state index contributed by atoms with van der Waals surface area (Å²) in [5, 5.41) is 0. The van der Waals surface area contributed by atoms with Gasteiger partial charge in [0.1, 0.15) is 0 Å². The molecule has 0 saturated carbocycles. The van der Waals surface area contributed by atoms with E-state index < -0.39 is 48.0 Å². The first-order valence-corrected chi connectivity index (χ1v) is 8.03. The maximum Gasteiger partial charge on any atom is 0.417 e. The van der Waals surface area contributed by atoms with Gasteiger partial charge in [0, 0.05) is 24.7 Å². The fraction of sp³-hybridized carbons (Fsp3) is 0.353. The zero-order valence-electron chi connectivity index (χ0n) is 14.1. The third-order valence-corrected chi connectivity index (χ3v) is 3.90. The van der Waals surface area contributed by atoms with E-state index in [9.17, 15) is 30.7 Å². The Labute approximate surface area is 154 Å². The van der Waals surface area contributed by atoms with Crippen molar-refractivity contribution in [2.24, 2.45) is 4.99 Å². The van der Waals surface area contributed by atoms with E-state index in [4.69, 9.17) is 4.74 Å². The largest absolute Gasteiger partial charge is 0.490 e. The predicted molar refractivity (Wildman–Crippen MR) is 83.6 cm³/mol. The minimum absolute atomic E-state index is 0.0166. The molecule has 0 unspecified atom stereocenters. The first-order valence-electron chi connectivity index (χ1n) is 8.03. The summed E-state index contributed by atoms with van der Waals surface area (Å²) in [6, 6.07) is 1.94. The van der Waals surface area contributed by atoms with Crippen LogP contribution in [0.3, 0.4) is 0 Å².